The van der Waals surface area contributed by atoms with E-state index in [1.54, 1.807) is 0 Å². The van der Waals surface area contributed by atoms with Crippen LogP contribution in [0.5, 0.6) is 0 Å². The van der Waals surface area contributed by atoms with Crippen LogP contribution in [0.25, 0.3) is 0 Å². The van der Waals surface area contributed by atoms with Gasteiger partial charge in [0.15, 0.2) is 0 Å². The van der Waals surface area contributed by atoms with Crippen molar-refractivity contribution in [2.24, 2.45) is 5.92 Å². The number of rotatable bonds is 3. The maximum Gasteiger partial charge on any atom is 0.0616 e. The summed E-state index contributed by atoms with van der Waals surface area (Å²) in [5.41, 5.74) is 1.22. The smallest absolute Gasteiger partial charge is 0.0616 e. The van der Waals surface area contributed by atoms with E-state index in [9.17, 15) is 5.11 Å². The lowest BCUT2D eigenvalue weighted by molar-refractivity contribution is 0.120. The van der Waals surface area contributed by atoms with Gasteiger partial charge in [0.2, 0.25) is 0 Å². The van der Waals surface area contributed by atoms with E-state index in [-0.39, 0.29) is 6.10 Å². The third kappa shape index (κ3) is 3.23. The Morgan fingerprint density at radius 3 is 3.07 bits per heavy atom. The Labute approximate surface area is 103 Å². The van der Waals surface area contributed by atoms with Crippen LogP contribution in [0.15, 0.2) is 28.7 Å². The third-order valence-electron chi connectivity index (χ3n) is 2.84. The molecule has 1 aromatic rings. The molecule has 1 saturated heterocycles. The minimum atomic E-state index is -0.172. The van der Waals surface area contributed by atoms with E-state index in [0.717, 1.165) is 16.6 Å². The molecule has 2 rings (SSSR count). The van der Waals surface area contributed by atoms with Crippen molar-refractivity contribution in [3.63, 3.8) is 0 Å². The molecule has 3 heteroatoms. The molecule has 15 heavy (non-hydrogen) atoms. The summed E-state index contributed by atoms with van der Waals surface area (Å²) in [5.74, 6) is 2.82. The molecule has 1 nitrogen and oxygen atoms in total. The largest absolute Gasteiger partial charge is 0.392 e. The monoisotopic (exact) mass is 286 g/mol. The Hall–Kier alpha value is 0.01000. The van der Waals surface area contributed by atoms with E-state index in [1.807, 2.05) is 23.9 Å². The van der Waals surface area contributed by atoms with Crippen molar-refractivity contribution in [3.8, 4) is 0 Å². The maximum atomic E-state index is 10.1. The molecule has 1 aliphatic heterocycles. The highest BCUT2D eigenvalue weighted by Crippen LogP contribution is 2.28. The first kappa shape index (κ1) is 11.5. The van der Waals surface area contributed by atoms with Crippen LogP contribution in [0.4, 0.5) is 0 Å². The fourth-order valence-corrected chi connectivity index (χ4v) is 3.70. The highest BCUT2D eigenvalue weighted by Gasteiger charge is 2.23. The first-order valence-corrected chi connectivity index (χ1v) is 7.21. The van der Waals surface area contributed by atoms with Gasteiger partial charge >= 0.3 is 0 Å². The molecule has 0 saturated carbocycles. The van der Waals surface area contributed by atoms with Gasteiger partial charge in [0.25, 0.3) is 0 Å². The average molecular weight is 287 g/mol. The molecule has 1 N–H and O–H groups in total. The summed E-state index contributed by atoms with van der Waals surface area (Å²) in [4.78, 5) is 0. The minimum absolute atomic E-state index is 0.172. The molecule has 1 heterocycles. The summed E-state index contributed by atoms with van der Waals surface area (Å²) < 4.78 is 1.09. The van der Waals surface area contributed by atoms with Gasteiger partial charge in [-0.1, -0.05) is 28.1 Å². The second kappa shape index (κ2) is 5.37. The predicted octanol–water partition coefficient (Wildman–Crippen LogP) is 3.11. The molecule has 0 aliphatic carbocycles. The second-order valence-electron chi connectivity index (χ2n) is 4.03. The zero-order valence-corrected chi connectivity index (χ0v) is 10.9. The molecule has 2 atom stereocenters. The van der Waals surface area contributed by atoms with Crippen molar-refractivity contribution >= 4 is 27.7 Å². The summed E-state index contributed by atoms with van der Waals surface area (Å²) in [6, 6.07) is 8.21. The number of aliphatic hydroxyl groups is 1. The third-order valence-corrected chi connectivity index (χ3v) is 4.52. The number of hydrogen-bond acceptors (Lipinski definition) is 2. The Morgan fingerprint density at radius 2 is 2.40 bits per heavy atom. The van der Waals surface area contributed by atoms with Crippen molar-refractivity contribution in [3.05, 3.63) is 34.3 Å². The molecule has 0 spiro atoms. The zero-order valence-electron chi connectivity index (χ0n) is 8.53. The van der Waals surface area contributed by atoms with E-state index in [1.165, 1.54) is 17.7 Å². The number of benzene rings is 1. The number of hydrogen-bond donors (Lipinski definition) is 1. The fourth-order valence-electron chi connectivity index (χ4n) is 1.93. The lowest BCUT2D eigenvalue weighted by atomic mass is 9.96. The van der Waals surface area contributed by atoms with Crippen molar-refractivity contribution in [1.29, 1.82) is 0 Å². The standard InChI is InChI=1S/C12H15BrOS/c13-11-3-1-2-9(6-11)7-12(14)10-4-5-15-8-10/h1-3,6,10,12,14H,4-5,7-8H2. The maximum absolute atomic E-state index is 10.1. The first-order valence-electron chi connectivity index (χ1n) is 5.26. The zero-order chi connectivity index (χ0) is 10.7. The molecule has 1 fully saturated rings. The summed E-state index contributed by atoms with van der Waals surface area (Å²) in [6.07, 6.45) is 1.78. The molecule has 82 valence electrons. The van der Waals surface area contributed by atoms with Gasteiger partial charge in [0, 0.05) is 4.47 Å². The van der Waals surface area contributed by atoms with Gasteiger partial charge in [-0.2, -0.15) is 11.8 Å². The van der Waals surface area contributed by atoms with Crippen molar-refractivity contribution in [2.45, 2.75) is 18.9 Å². The molecule has 1 aliphatic rings. The second-order valence-corrected chi connectivity index (χ2v) is 6.09. The highest BCUT2D eigenvalue weighted by molar-refractivity contribution is 9.10. The van der Waals surface area contributed by atoms with Gasteiger partial charge in [-0.05, 0) is 48.0 Å². The van der Waals surface area contributed by atoms with E-state index in [2.05, 4.69) is 28.1 Å². The molecular weight excluding hydrogens is 272 g/mol. The van der Waals surface area contributed by atoms with Crippen LogP contribution in [-0.4, -0.2) is 22.7 Å². The summed E-state index contributed by atoms with van der Waals surface area (Å²) in [7, 11) is 0. The Bertz CT molecular complexity index is 323. The molecule has 0 aromatic heterocycles. The molecule has 0 radical (unpaired) electrons. The van der Waals surface area contributed by atoms with Crippen LogP contribution >= 0.6 is 27.7 Å². The van der Waals surface area contributed by atoms with E-state index in [4.69, 9.17) is 0 Å². The molecule has 0 bridgehead atoms. The van der Waals surface area contributed by atoms with E-state index in [0.29, 0.717) is 5.92 Å². The van der Waals surface area contributed by atoms with Crippen LogP contribution in [-0.2, 0) is 6.42 Å². The molecule has 0 amide bonds. The molecule has 1 aromatic carbocycles. The van der Waals surface area contributed by atoms with Gasteiger partial charge in [0.05, 0.1) is 6.10 Å². The van der Waals surface area contributed by atoms with Gasteiger partial charge < -0.3 is 5.11 Å². The number of thioether (sulfide) groups is 1. The molecule has 2 unspecified atom stereocenters. The lowest BCUT2D eigenvalue weighted by Gasteiger charge is -2.16. The lowest BCUT2D eigenvalue weighted by Crippen LogP contribution is -2.22. The number of aliphatic hydroxyl groups excluding tert-OH is 1. The van der Waals surface area contributed by atoms with Gasteiger partial charge in [-0.25, -0.2) is 0 Å². The van der Waals surface area contributed by atoms with Crippen LogP contribution in [0.1, 0.15) is 12.0 Å². The van der Waals surface area contributed by atoms with Crippen LogP contribution in [0.3, 0.4) is 0 Å². The Kier molecular flexibility index (Phi) is 4.12. The average Bonchev–Trinajstić information content (AvgIpc) is 2.70. The highest BCUT2D eigenvalue weighted by atomic mass is 79.9. The van der Waals surface area contributed by atoms with Crippen LogP contribution in [0.2, 0.25) is 0 Å². The van der Waals surface area contributed by atoms with E-state index < -0.39 is 0 Å². The minimum Gasteiger partial charge on any atom is -0.392 e. The van der Waals surface area contributed by atoms with Crippen LogP contribution < -0.4 is 0 Å². The van der Waals surface area contributed by atoms with Crippen molar-refractivity contribution in [2.75, 3.05) is 11.5 Å². The quantitative estimate of drug-likeness (QED) is 0.922. The van der Waals surface area contributed by atoms with Gasteiger partial charge in [0.1, 0.15) is 0 Å². The normalized spacial score (nSPS) is 22.9. The van der Waals surface area contributed by atoms with Crippen molar-refractivity contribution in [1.82, 2.24) is 0 Å². The van der Waals surface area contributed by atoms with Crippen LogP contribution in [0, 0.1) is 5.92 Å². The Morgan fingerprint density at radius 1 is 1.53 bits per heavy atom. The predicted molar refractivity (Wildman–Crippen MR) is 69.3 cm³/mol. The fraction of sp³-hybridized carbons (Fsp3) is 0.500. The summed E-state index contributed by atoms with van der Waals surface area (Å²) in [5, 5.41) is 10.1. The number of halogens is 1. The van der Waals surface area contributed by atoms with Gasteiger partial charge in [-0.15, -0.1) is 0 Å². The van der Waals surface area contributed by atoms with E-state index >= 15 is 0 Å². The SMILES string of the molecule is OC(Cc1cccc(Br)c1)C1CCSC1. The summed E-state index contributed by atoms with van der Waals surface area (Å²) >= 11 is 5.40. The topological polar surface area (TPSA) is 20.2 Å². The Balaban J connectivity index is 1.95. The van der Waals surface area contributed by atoms with Crippen molar-refractivity contribution < 1.29 is 5.11 Å². The molecular formula is C12H15BrOS. The first-order chi connectivity index (χ1) is 7.25. The summed E-state index contributed by atoms with van der Waals surface area (Å²) in [6.45, 7) is 0. The van der Waals surface area contributed by atoms with Gasteiger partial charge in [-0.3, -0.25) is 0 Å².